The van der Waals surface area contributed by atoms with Gasteiger partial charge < -0.3 is 9.47 Å². The topological polar surface area (TPSA) is 8.17 Å². The number of para-hydroxylation sites is 2. The molecule has 11 aromatic carbocycles. The van der Waals surface area contributed by atoms with Crippen molar-refractivity contribution in [2.45, 2.75) is 0 Å². The highest BCUT2D eigenvalue weighted by molar-refractivity contribution is 6.12. The lowest BCUT2D eigenvalue weighted by Crippen LogP contribution is -2.14. The number of anilines is 3. The summed E-state index contributed by atoms with van der Waals surface area (Å²) in [5.41, 5.74) is 18.5. The lowest BCUT2D eigenvalue weighted by molar-refractivity contribution is 1.18. The Bertz CT molecular complexity index is 3590. The van der Waals surface area contributed by atoms with Gasteiger partial charge in [0.1, 0.15) is 0 Å². The molecule has 0 unspecified atom stereocenters. The van der Waals surface area contributed by atoms with Crippen molar-refractivity contribution < 1.29 is 0 Å². The first kappa shape index (κ1) is 38.9. The second kappa shape index (κ2) is 16.8. The standard InChI is InChI=1S/C64H44N2/c1-5-18-45(19-6-1)46-32-34-47(35-33-46)48-36-39-53(40-37-48)65-60-31-16-15-28-58(60)59-42-41-54(44-62(59)65)66(61-43-38-51-24-13-14-27-55(51)63(61)52-25-11-4-12-26-52)64-56(49-20-7-2-8-21-49)29-17-30-57(64)50-22-9-3-10-23-50/h1-44H. The molecule has 0 saturated heterocycles. The molecule has 0 aliphatic heterocycles. The van der Waals surface area contributed by atoms with Crippen LogP contribution in [0.5, 0.6) is 0 Å². The zero-order chi connectivity index (χ0) is 43.8. The van der Waals surface area contributed by atoms with Crippen LogP contribution >= 0.6 is 0 Å². The molecule has 0 N–H and O–H groups in total. The van der Waals surface area contributed by atoms with Crippen LogP contribution in [-0.4, -0.2) is 4.57 Å². The van der Waals surface area contributed by atoms with Crippen molar-refractivity contribution in [3.8, 4) is 61.3 Å². The van der Waals surface area contributed by atoms with Gasteiger partial charge in [-0.05, 0) is 86.1 Å². The Balaban J connectivity index is 1.11. The molecule has 66 heavy (non-hydrogen) atoms. The zero-order valence-electron chi connectivity index (χ0n) is 36.3. The summed E-state index contributed by atoms with van der Waals surface area (Å²) in [6, 6.07) is 97.1. The summed E-state index contributed by atoms with van der Waals surface area (Å²) in [5.74, 6) is 0. The van der Waals surface area contributed by atoms with Gasteiger partial charge in [-0.1, -0.05) is 231 Å². The minimum absolute atomic E-state index is 1.06. The highest BCUT2D eigenvalue weighted by atomic mass is 15.2. The van der Waals surface area contributed by atoms with Crippen LogP contribution in [0.15, 0.2) is 267 Å². The summed E-state index contributed by atoms with van der Waals surface area (Å²) in [5, 5.41) is 4.83. The molecule has 0 amide bonds. The number of nitrogens with zero attached hydrogens (tertiary/aromatic N) is 2. The van der Waals surface area contributed by atoms with Crippen molar-refractivity contribution in [2.75, 3.05) is 4.90 Å². The van der Waals surface area contributed by atoms with E-state index in [1.54, 1.807) is 0 Å². The smallest absolute Gasteiger partial charge is 0.0618 e. The maximum absolute atomic E-state index is 2.53. The quantitative estimate of drug-likeness (QED) is 0.141. The molecule has 12 aromatic rings. The molecule has 0 atom stereocenters. The Hall–Kier alpha value is -8.72. The molecule has 2 nitrogen and oxygen atoms in total. The minimum Gasteiger partial charge on any atom is -0.309 e. The van der Waals surface area contributed by atoms with Gasteiger partial charge in [0.25, 0.3) is 0 Å². The molecule has 0 fully saturated rings. The lowest BCUT2D eigenvalue weighted by atomic mass is 9.91. The molecule has 1 heterocycles. The highest BCUT2D eigenvalue weighted by Gasteiger charge is 2.26. The van der Waals surface area contributed by atoms with Gasteiger partial charge in [-0.2, -0.15) is 0 Å². The van der Waals surface area contributed by atoms with Gasteiger partial charge in [0, 0.05) is 38.8 Å². The van der Waals surface area contributed by atoms with Gasteiger partial charge in [0.2, 0.25) is 0 Å². The van der Waals surface area contributed by atoms with Gasteiger partial charge in [-0.25, -0.2) is 0 Å². The summed E-state index contributed by atoms with van der Waals surface area (Å²) in [6.45, 7) is 0. The number of rotatable bonds is 9. The molecule has 0 aliphatic carbocycles. The van der Waals surface area contributed by atoms with Crippen LogP contribution in [0.25, 0.3) is 93.9 Å². The van der Waals surface area contributed by atoms with E-state index in [0.29, 0.717) is 0 Å². The van der Waals surface area contributed by atoms with Crippen LogP contribution in [0.2, 0.25) is 0 Å². The van der Waals surface area contributed by atoms with Gasteiger partial charge >= 0.3 is 0 Å². The molecule has 0 bridgehead atoms. The molecule has 2 heteroatoms. The number of hydrogen-bond acceptors (Lipinski definition) is 1. The summed E-state index contributed by atoms with van der Waals surface area (Å²) in [7, 11) is 0. The first-order valence-electron chi connectivity index (χ1n) is 22.7. The van der Waals surface area contributed by atoms with E-state index >= 15 is 0 Å². The molecular formula is C64H44N2. The third-order valence-electron chi connectivity index (χ3n) is 13.0. The second-order valence-electron chi connectivity index (χ2n) is 16.9. The number of hydrogen-bond donors (Lipinski definition) is 0. The van der Waals surface area contributed by atoms with Gasteiger partial charge in [-0.3, -0.25) is 0 Å². The van der Waals surface area contributed by atoms with E-state index in [2.05, 4.69) is 276 Å². The fourth-order valence-corrected chi connectivity index (χ4v) is 9.89. The summed E-state index contributed by atoms with van der Waals surface area (Å²) in [6.07, 6.45) is 0. The van der Waals surface area contributed by atoms with Crippen LogP contribution in [0, 0.1) is 0 Å². The number of aromatic nitrogens is 1. The summed E-state index contributed by atoms with van der Waals surface area (Å²) in [4.78, 5) is 2.53. The van der Waals surface area contributed by atoms with Gasteiger partial charge in [-0.15, -0.1) is 0 Å². The summed E-state index contributed by atoms with van der Waals surface area (Å²) >= 11 is 0. The fraction of sp³-hybridized carbons (Fsp3) is 0. The van der Waals surface area contributed by atoms with E-state index in [0.717, 1.165) is 56.1 Å². The van der Waals surface area contributed by atoms with E-state index in [-0.39, 0.29) is 0 Å². The predicted octanol–water partition coefficient (Wildman–Crippen LogP) is 17.7. The van der Waals surface area contributed by atoms with Crippen LogP contribution in [0.3, 0.4) is 0 Å². The number of benzene rings is 11. The van der Waals surface area contributed by atoms with Crippen molar-refractivity contribution >= 4 is 49.6 Å². The van der Waals surface area contributed by atoms with E-state index in [9.17, 15) is 0 Å². The SMILES string of the molecule is c1ccc(-c2ccc(-c3ccc(-n4c5ccccc5c5ccc(N(c6ccc7ccccc7c6-c6ccccc6)c6c(-c7ccccc7)cccc6-c6ccccc6)cc54)cc3)cc2)cc1. The van der Waals surface area contributed by atoms with Crippen molar-refractivity contribution in [3.63, 3.8) is 0 Å². The molecule has 1 aromatic heterocycles. The van der Waals surface area contributed by atoms with Crippen LogP contribution in [0.4, 0.5) is 17.1 Å². The third-order valence-corrected chi connectivity index (χ3v) is 13.0. The van der Waals surface area contributed by atoms with E-state index < -0.39 is 0 Å². The Morgan fingerprint density at radius 2 is 0.758 bits per heavy atom. The normalized spacial score (nSPS) is 11.3. The van der Waals surface area contributed by atoms with Crippen molar-refractivity contribution in [1.82, 2.24) is 4.57 Å². The lowest BCUT2D eigenvalue weighted by Gasteiger charge is -2.32. The third kappa shape index (κ3) is 6.93. The van der Waals surface area contributed by atoms with Crippen molar-refractivity contribution in [2.24, 2.45) is 0 Å². The predicted molar refractivity (Wildman–Crippen MR) is 280 cm³/mol. The first-order valence-corrected chi connectivity index (χ1v) is 22.7. The first-order chi connectivity index (χ1) is 32.8. The highest BCUT2D eigenvalue weighted by Crippen LogP contribution is 2.51. The average Bonchev–Trinajstić information content (AvgIpc) is 3.73. The Labute approximate surface area is 385 Å². The Kier molecular flexibility index (Phi) is 9.89. The van der Waals surface area contributed by atoms with E-state index in [1.807, 2.05) is 0 Å². The van der Waals surface area contributed by atoms with Gasteiger partial charge in [0.05, 0.1) is 22.4 Å². The largest absolute Gasteiger partial charge is 0.309 e. The van der Waals surface area contributed by atoms with E-state index in [1.165, 1.54) is 54.9 Å². The molecule has 0 spiro atoms. The fourth-order valence-electron chi connectivity index (χ4n) is 9.89. The van der Waals surface area contributed by atoms with Crippen molar-refractivity contribution in [1.29, 1.82) is 0 Å². The van der Waals surface area contributed by atoms with Crippen LogP contribution in [-0.2, 0) is 0 Å². The molecule has 0 saturated carbocycles. The molecular weight excluding hydrogens is 797 g/mol. The summed E-state index contributed by atoms with van der Waals surface area (Å²) < 4.78 is 2.44. The molecule has 0 radical (unpaired) electrons. The Morgan fingerprint density at radius 1 is 0.288 bits per heavy atom. The maximum atomic E-state index is 2.53. The number of fused-ring (bicyclic) bond motifs is 4. The van der Waals surface area contributed by atoms with Crippen LogP contribution in [0.1, 0.15) is 0 Å². The maximum Gasteiger partial charge on any atom is 0.0618 e. The van der Waals surface area contributed by atoms with E-state index in [4.69, 9.17) is 0 Å². The minimum atomic E-state index is 1.06. The van der Waals surface area contributed by atoms with Crippen molar-refractivity contribution in [3.05, 3.63) is 267 Å². The Morgan fingerprint density at radius 3 is 1.36 bits per heavy atom. The molecule has 310 valence electrons. The monoisotopic (exact) mass is 840 g/mol. The molecule has 12 rings (SSSR count). The molecule has 0 aliphatic rings. The second-order valence-corrected chi connectivity index (χ2v) is 16.9. The average molecular weight is 841 g/mol. The zero-order valence-corrected chi connectivity index (χ0v) is 36.3. The van der Waals surface area contributed by atoms with Crippen LogP contribution < -0.4 is 4.90 Å². The van der Waals surface area contributed by atoms with Gasteiger partial charge in [0.15, 0.2) is 0 Å².